The van der Waals surface area contributed by atoms with Crippen molar-refractivity contribution in [1.29, 1.82) is 0 Å². The van der Waals surface area contributed by atoms with Crippen LogP contribution in [0, 0.1) is 5.92 Å². The average molecular weight is 385 g/mol. The Morgan fingerprint density at radius 2 is 2.22 bits per heavy atom. The van der Waals surface area contributed by atoms with Crippen molar-refractivity contribution in [2.24, 2.45) is 5.92 Å². The second kappa shape index (κ2) is 6.77. The van der Waals surface area contributed by atoms with Crippen LogP contribution < -0.4 is 5.56 Å². The lowest BCUT2D eigenvalue weighted by Gasteiger charge is -2.17. The van der Waals surface area contributed by atoms with Crippen molar-refractivity contribution < 1.29 is 14.3 Å². The Labute approximate surface area is 158 Å². The van der Waals surface area contributed by atoms with Gasteiger partial charge in [0.25, 0.3) is 5.56 Å². The number of aromatic amines is 2. The number of H-pyrrole nitrogens is 2. The van der Waals surface area contributed by atoms with E-state index in [4.69, 9.17) is 4.74 Å². The molecule has 0 amide bonds. The maximum absolute atomic E-state index is 12.5. The summed E-state index contributed by atoms with van der Waals surface area (Å²) in [6.45, 7) is 3.49. The van der Waals surface area contributed by atoms with E-state index in [9.17, 15) is 14.4 Å². The third-order valence-electron chi connectivity index (χ3n) is 4.86. The predicted octanol–water partition coefficient (Wildman–Crippen LogP) is 3.00. The molecule has 4 rings (SSSR count). The first-order valence-corrected chi connectivity index (χ1v) is 9.64. The van der Waals surface area contributed by atoms with E-state index in [1.54, 1.807) is 11.3 Å². The van der Waals surface area contributed by atoms with E-state index in [0.717, 1.165) is 24.8 Å². The molecule has 1 aliphatic rings. The number of ketones is 1. The smallest absolute Gasteiger partial charge is 0.355 e. The monoisotopic (exact) mass is 385 g/mol. The third-order valence-corrected chi connectivity index (χ3v) is 6.01. The van der Waals surface area contributed by atoms with Crippen molar-refractivity contribution in [3.63, 3.8) is 0 Å². The summed E-state index contributed by atoms with van der Waals surface area (Å²) in [5.41, 5.74) is 1.53. The number of aromatic nitrogens is 3. The summed E-state index contributed by atoms with van der Waals surface area (Å²) in [7, 11) is 0. The van der Waals surface area contributed by atoms with Gasteiger partial charge in [-0.05, 0) is 43.7 Å². The maximum atomic E-state index is 12.5. The van der Waals surface area contributed by atoms with E-state index < -0.39 is 5.97 Å². The molecule has 0 aliphatic heterocycles. The van der Waals surface area contributed by atoms with Gasteiger partial charge in [0.2, 0.25) is 0 Å². The highest BCUT2D eigenvalue weighted by Gasteiger charge is 2.23. The van der Waals surface area contributed by atoms with Crippen LogP contribution in [0.4, 0.5) is 0 Å². The summed E-state index contributed by atoms with van der Waals surface area (Å²) in [4.78, 5) is 47.8. The Bertz CT molecular complexity index is 1110. The van der Waals surface area contributed by atoms with E-state index in [2.05, 4.69) is 21.9 Å². The lowest BCUT2D eigenvalue weighted by Crippen LogP contribution is -2.16. The molecular formula is C19H19N3O4S. The molecule has 0 bridgehead atoms. The Kier molecular flexibility index (Phi) is 4.43. The fourth-order valence-electron chi connectivity index (χ4n) is 3.39. The summed E-state index contributed by atoms with van der Waals surface area (Å²) in [6, 6.07) is 1.44. The summed E-state index contributed by atoms with van der Waals surface area (Å²) in [5, 5.41) is 0.674. The van der Waals surface area contributed by atoms with Gasteiger partial charge in [0.05, 0.1) is 5.39 Å². The third kappa shape index (κ3) is 3.32. The molecule has 0 fully saturated rings. The van der Waals surface area contributed by atoms with Crippen LogP contribution in [0.1, 0.15) is 57.4 Å². The first-order valence-electron chi connectivity index (χ1n) is 8.82. The van der Waals surface area contributed by atoms with Crippen LogP contribution in [-0.2, 0) is 24.2 Å². The highest BCUT2D eigenvalue weighted by atomic mass is 32.1. The summed E-state index contributed by atoms with van der Waals surface area (Å²) in [6.07, 6.45) is 4.42. The molecule has 3 heterocycles. The zero-order valence-corrected chi connectivity index (χ0v) is 15.9. The van der Waals surface area contributed by atoms with E-state index in [1.807, 2.05) is 0 Å². The lowest BCUT2D eigenvalue weighted by atomic mass is 9.89. The Balaban J connectivity index is 1.55. The molecule has 8 heteroatoms. The molecule has 1 atom stereocenters. The van der Waals surface area contributed by atoms with E-state index in [0.29, 0.717) is 27.5 Å². The van der Waals surface area contributed by atoms with Gasteiger partial charge in [-0.25, -0.2) is 9.78 Å². The summed E-state index contributed by atoms with van der Waals surface area (Å²) >= 11 is 1.55. The van der Waals surface area contributed by atoms with Crippen molar-refractivity contribution in [3.8, 4) is 0 Å². The Hall–Kier alpha value is -2.74. The first-order chi connectivity index (χ1) is 12.9. The van der Waals surface area contributed by atoms with Crippen molar-refractivity contribution in [3.05, 3.63) is 50.1 Å². The van der Waals surface area contributed by atoms with Gasteiger partial charge in [-0.3, -0.25) is 9.59 Å². The predicted molar refractivity (Wildman–Crippen MR) is 101 cm³/mol. The molecule has 7 nitrogen and oxygen atoms in total. The van der Waals surface area contributed by atoms with Crippen molar-refractivity contribution >= 4 is 33.3 Å². The Morgan fingerprint density at radius 3 is 2.96 bits per heavy atom. The highest BCUT2D eigenvalue weighted by molar-refractivity contribution is 7.18. The van der Waals surface area contributed by atoms with E-state index in [-0.39, 0.29) is 23.6 Å². The van der Waals surface area contributed by atoms with Crippen molar-refractivity contribution in [2.75, 3.05) is 0 Å². The normalized spacial score (nSPS) is 16.3. The zero-order chi connectivity index (χ0) is 19.1. The number of aryl methyl sites for hydroxylation is 1. The number of Topliss-reactive ketones (excluding diaryl/α,β-unsaturated/α-hetero) is 1. The molecule has 0 saturated heterocycles. The molecule has 0 saturated carbocycles. The Morgan fingerprint density at radius 1 is 1.41 bits per heavy atom. The minimum atomic E-state index is -0.607. The molecule has 0 radical (unpaired) electrons. The molecular weight excluding hydrogens is 366 g/mol. The number of fused-ring (bicyclic) bond motifs is 3. The van der Waals surface area contributed by atoms with Crippen molar-refractivity contribution in [2.45, 2.75) is 39.7 Å². The largest absolute Gasteiger partial charge is 0.453 e. The number of rotatable bonds is 4. The second-order valence-electron chi connectivity index (χ2n) is 6.98. The fourth-order valence-corrected chi connectivity index (χ4v) is 4.79. The number of carbonyl (C=O) groups is 2. The van der Waals surface area contributed by atoms with Gasteiger partial charge >= 0.3 is 5.97 Å². The number of nitrogens with one attached hydrogen (secondary N) is 2. The van der Waals surface area contributed by atoms with E-state index in [1.165, 1.54) is 24.1 Å². The van der Waals surface area contributed by atoms with Crippen LogP contribution >= 0.6 is 11.3 Å². The number of thiophene rings is 1. The molecule has 3 aromatic rings. The van der Waals surface area contributed by atoms with Gasteiger partial charge in [0, 0.05) is 16.6 Å². The van der Waals surface area contributed by atoms with Crippen LogP contribution in [0.3, 0.4) is 0 Å². The van der Waals surface area contributed by atoms with Crippen LogP contribution in [0.5, 0.6) is 0 Å². The standard InChI is InChI=1S/C19H19N3O4S/c1-9-3-4-12-14(5-9)27-18-16(12)17(24)21-15(22-18)8-26-19(25)13-6-11(7-20-13)10(2)23/h6-7,9,20H,3-5,8H2,1-2H3,(H,21,22,24)/t9-/m0/s1. The zero-order valence-electron chi connectivity index (χ0n) is 15.0. The number of carbonyl (C=O) groups excluding carboxylic acids is 2. The topological polar surface area (TPSA) is 105 Å². The summed E-state index contributed by atoms with van der Waals surface area (Å²) < 4.78 is 5.22. The number of ether oxygens (including phenoxy) is 1. The van der Waals surface area contributed by atoms with Crippen molar-refractivity contribution in [1.82, 2.24) is 15.0 Å². The second-order valence-corrected chi connectivity index (χ2v) is 8.06. The molecule has 2 N–H and O–H groups in total. The van der Waals surface area contributed by atoms with Gasteiger partial charge in [-0.15, -0.1) is 11.3 Å². The molecule has 1 aliphatic carbocycles. The van der Waals surface area contributed by atoms with Gasteiger partial charge in [0.15, 0.2) is 5.78 Å². The highest BCUT2D eigenvalue weighted by Crippen LogP contribution is 2.35. The fraction of sp³-hybridized carbons (Fsp3) is 0.368. The minimum Gasteiger partial charge on any atom is -0.453 e. The van der Waals surface area contributed by atoms with Crippen LogP contribution in [0.15, 0.2) is 17.1 Å². The number of nitrogens with zero attached hydrogens (tertiary/aromatic N) is 1. The van der Waals surface area contributed by atoms with E-state index >= 15 is 0 Å². The minimum absolute atomic E-state index is 0.141. The number of hydrogen-bond acceptors (Lipinski definition) is 6. The van der Waals surface area contributed by atoms with Gasteiger partial charge in [0.1, 0.15) is 23.0 Å². The van der Waals surface area contributed by atoms with Gasteiger partial charge < -0.3 is 14.7 Å². The van der Waals surface area contributed by atoms with Crippen LogP contribution in [0.2, 0.25) is 0 Å². The molecule has 27 heavy (non-hydrogen) atoms. The molecule has 3 aromatic heterocycles. The first kappa shape index (κ1) is 17.7. The van der Waals surface area contributed by atoms with Crippen LogP contribution in [-0.4, -0.2) is 26.7 Å². The maximum Gasteiger partial charge on any atom is 0.355 e. The average Bonchev–Trinajstić information content (AvgIpc) is 3.24. The molecule has 0 aromatic carbocycles. The summed E-state index contributed by atoms with van der Waals surface area (Å²) in [5.74, 6) is 0.180. The lowest BCUT2D eigenvalue weighted by molar-refractivity contribution is 0.0456. The number of hydrogen-bond donors (Lipinski definition) is 2. The quantitative estimate of drug-likeness (QED) is 0.531. The van der Waals surface area contributed by atoms with Gasteiger partial charge in [-0.2, -0.15) is 0 Å². The van der Waals surface area contributed by atoms with Crippen LogP contribution in [0.25, 0.3) is 10.2 Å². The molecule has 0 spiro atoms. The SMILES string of the molecule is CC(=O)c1c[nH]c(C(=O)OCc2nc3sc4c(c3c(=O)[nH]2)CC[C@H](C)C4)c1. The molecule has 0 unspecified atom stereocenters. The molecule has 140 valence electrons. The van der Waals surface area contributed by atoms with Gasteiger partial charge in [-0.1, -0.05) is 6.92 Å². The number of esters is 1.